The van der Waals surface area contributed by atoms with E-state index in [0.717, 1.165) is 12.3 Å². The van der Waals surface area contributed by atoms with Gasteiger partial charge in [0.2, 0.25) is 5.91 Å². The Hall–Kier alpha value is -0.830. The first-order chi connectivity index (χ1) is 6.22. The summed E-state index contributed by atoms with van der Waals surface area (Å²) in [5.41, 5.74) is 5.85. The van der Waals surface area contributed by atoms with E-state index in [0.29, 0.717) is 12.6 Å². The smallest absolute Gasteiger partial charge is 0.246 e. The van der Waals surface area contributed by atoms with Crippen LogP contribution in [0.3, 0.4) is 0 Å². The average Bonchev–Trinajstić information content (AvgIpc) is 2.89. The third-order valence-corrected chi connectivity index (χ3v) is 3.00. The SMILES string of the molecule is C=CC(=O)N1C[C@@H](N)C[C@@H]1C1CC1. The van der Waals surface area contributed by atoms with Crippen molar-refractivity contribution in [1.29, 1.82) is 0 Å². The number of nitrogens with two attached hydrogens (primary N) is 1. The van der Waals surface area contributed by atoms with Gasteiger partial charge in [-0.1, -0.05) is 6.58 Å². The summed E-state index contributed by atoms with van der Waals surface area (Å²) in [6, 6.07) is 0.579. The third-order valence-electron chi connectivity index (χ3n) is 3.00. The number of carbonyl (C=O) groups excluding carboxylic acids is 1. The molecule has 2 atom stereocenters. The fraction of sp³-hybridized carbons (Fsp3) is 0.700. The molecule has 0 spiro atoms. The van der Waals surface area contributed by atoms with E-state index >= 15 is 0 Å². The molecule has 2 aliphatic rings. The second kappa shape index (κ2) is 3.14. The van der Waals surface area contributed by atoms with Crippen molar-refractivity contribution >= 4 is 5.91 Å². The monoisotopic (exact) mass is 180 g/mol. The summed E-state index contributed by atoms with van der Waals surface area (Å²) < 4.78 is 0. The molecule has 1 amide bonds. The van der Waals surface area contributed by atoms with E-state index in [1.54, 1.807) is 0 Å². The first-order valence-corrected chi connectivity index (χ1v) is 4.91. The number of carbonyl (C=O) groups is 1. The second-order valence-electron chi connectivity index (χ2n) is 4.10. The van der Waals surface area contributed by atoms with Gasteiger partial charge in [-0.3, -0.25) is 4.79 Å². The Labute approximate surface area is 78.6 Å². The van der Waals surface area contributed by atoms with Gasteiger partial charge in [0.25, 0.3) is 0 Å². The molecule has 1 aliphatic heterocycles. The number of likely N-dealkylation sites (tertiary alicyclic amines) is 1. The Kier molecular flexibility index (Phi) is 2.12. The molecule has 2 rings (SSSR count). The molecule has 2 fully saturated rings. The van der Waals surface area contributed by atoms with Crippen molar-refractivity contribution in [3.8, 4) is 0 Å². The van der Waals surface area contributed by atoms with Crippen LogP contribution in [0.15, 0.2) is 12.7 Å². The minimum atomic E-state index is 0.0462. The van der Waals surface area contributed by atoms with Gasteiger partial charge in [0.15, 0.2) is 0 Å². The minimum Gasteiger partial charge on any atom is -0.334 e. The summed E-state index contributed by atoms with van der Waals surface area (Å²) in [5.74, 6) is 0.766. The maximum Gasteiger partial charge on any atom is 0.246 e. The van der Waals surface area contributed by atoms with E-state index in [1.165, 1.54) is 18.9 Å². The molecule has 2 N–H and O–H groups in total. The highest BCUT2D eigenvalue weighted by Crippen LogP contribution is 2.39. The molecule has 3 heteroatoms. The standard InChI is InChI=1S/C10H16N2O/c1-2-10(13)12-6-8(11)5-9(12)7-3-4-7/h2,7-9H,1,3-6,11H2/t8-,9+/m0/s1. The average molecular weight is 180 g/mol. The van der Waals surface area contributed by atoms with E-state index in [4.69, 9.17) is 5.73 Å². The van der Waals surface area contributed by atoms with E-state index in [2.05, 4.69) is 6.58 Å². The van der Waals surface area contributed by atoms with Crippen LogP contribution in [-0.4, -0.2) is 29.4 Å². The van der Waals surface area contributed by atoms with Crippen molar-refractivity contribution in [2.75, 3.05) is 6.54 Å². The summed E-state index contributed by atoms with van der Waals surface area (Å²) in [4.78, 5) is 13.4. The van der Waals surface area contributed by atoms with Crippen molar-refractivity contribution in [2.45, 2.75) is 31.3 Å². The molecule has 0 aromatic heterocycles. The van der Waals surface area contributed by atoms with Crippen LogP contribution in [-0.2, 0) is 4.79 Å². The van der Waals surface area contributed by atoms with Crippen LogP contribution < -0.4 is 5.73 Å². The predicted molar refractivity (Wildman–Crippen MR) is 51.0 cm³/mol. The molecular weight excluding hydrogens is 164 g/mol. The molecule has 1 saturated carbocycles. The van der Waals surface area contributed by atoms with Gasteiger partial charge in [0, 0.05) is 18.6 Å². The molecule has 13 heavy (non-hydrogen) atoms. The number of hydrogen-bond donors (Lipinski definition) is 1. The van der Waals surface area contributed by atoms with Crippen molar-refractivity contribution in [3.05, 3.63) is 12.7 Å². The summed E-state index contributed by atoms with van der Waals surface area (Å²) in [7, 11) is 0. The lowest BCUT2D eigenvalue weighted by Gasteiger charge is -2.22. The first kappa shape index (κ1) is 8.75. The van der Waals surface area contributed by atoms with Crippen LogP contribution in [0.5, 0.6) is 0 Å². The summed E-state index contributed by atoms with van der Waals surface area (Å²) in [6.07, 6.45) is 4.90. The Morgan fingerprint density at radius 3 is 2.77 bits per heavy atom. The molecule has 0 radical (unpaired) electrons. The normalized spacial score (nSPS) is 33.5. The quantitative estimate of drug-likeness (QED) is 0.629. The maximum atomic E-state index is 11.5. The summed E-state index contributed by atoms with van der Waals surface area (Å²) in [6.45, 7) is 4.23. The highest BCUT2D eigenvalue weighted by Gasteiger charge is 2.41. The highest BCUT2D eigenvalue weighted by molar-refractivity contribution is 5.87. The zero-order valence-corrected chi connectivity index (χ0v) is 7.78. The van der Waals surface area contributed by atoms with Crippen LogP contribution in [0.25, 0.3) is 0 Å². The fourth-order valence-electron chi connectivity index (χ4n) is 2.20. The van der Waals surface area contributed by atoms with Crippen LogP contribution in [0.4, 0.5) is 0 Å². The van der Waals surface area contributed by atoms with Crippen LogP contribution in [0.1, 0.15) is 19.3 Å². The molecule has 1 saturated heterocycles. The van der Waals surface area contributed by atoms with Gasteiger partial charge >= 0.3 is 0 Å². The molecular formula is C10H16N2O. The van der Waals surface area contributed by atoms with E-state index < -0.39 is 0 Å². The Bertz CT molecular complexity index is 235. The van der Waals surface area contributed by atoms with Crippen molar-refractivity contribution in [1.82, 2.24) is 4.90 Å². The fourth-order valence-corrected chi connectivity index (χ4v) is 2.20. The lowest BCUT2D eigenvalue weighted by Crippen LogP contribution is -2.36. The topological polar surface area (TPSA) is 46.3 Å². The van der Waals surface area contributed by atoms with Gasteiger partial charge in [0.1, 0.15) is 0 Å². The Morgan fingerprint density at radius 2 is 2.23 bits per heavy atom. The molecule has 3 nitrogen and oxygen atoms in total. The van der Waals surface area contributed by atoms with E-state index in [-0.39, 0.29) is 11.9 Å². The largest absolute Gasteiger partial charge is 0.334 e. The van der Waals surface area contributed by atoms with Gasteiger partial charge in [-0.2, -0.15) is 0 Å². The molecule has 0 unspecified atom stereocenters. The second-order valence-corrected chi connectivity index (χ2v) is 4.10. The van der Waals surface area contributed by atoms with Crippen LogP contribution >= 0.6 is 0 Å². The zero-order chi connectivity index (χ0) is 9.42. The van der Waals surface area contributed by atoms with E-state index in [9.17, 15) is 4.79 Å². The van der Waals surface area contributed by atoms with E-state index in [1.807, 2.05) is 4.90 Å². The third kappa shape index (κ3) is 1.61. The van der Waals surface area contributed by atoms with Gasteiger partial charge in [-0.25, -0.2) is 0 Å². The van der Waals surface area contributed by atoms with Gasteiger partial charge in [-0.05, 0) is 31.3 Å². The van der Waals surface area contributed by atoms with Crippen molar-refractivity contribution in [3.63, 3.8) is 0 Å². The molecule has 72 valence electrons. The molecule has 0 aromatic carbocycles. The number of nitrogens with zero attached hydrogens (tertiary/aromatic N) is 1. The van der Waals surface area contributed by atoms with Gasteiger partial charge < -0.3 is 10.6 Å². The molecule has 0 bridgehead atoms. The summed E-state index contributed by atoms with van der Waals surface area (Å²) in [5, 5.41) is 0. The Balaban J connectivity index is 2.06. The lowest BCUT2D eigenvalue weighted by atomic mass is 10.1. The van der Waals surface area contributed by atoms with Crippen LogP contribution in [0.2, 0.25) is 0 Å². The van der Waals surface area contributed by atoms with Gasteiger partial charge in [0.05, 0.1) is 0 Å². The first-order valence-electron chi connectivity index (χ1n) is 4.91. The maximum absolute atomic E-state index is 11.5. The van der Waals surface area contributed by atoms with Crippen molar-refractivity contribution < 1.29 is 4.79 Å². The molecule has 0 aromatic rings. The molecule has 1 aliphatic carbocycles. The predicted octanol–water partition coefficient (Wildman–Crippen LogP) is 0.511. The minimum absolute atomic E-state index is 0.0462. The lowest BCUT2D eigenvalue weighted by molar-refractivity contribution is -0.127. The highest BCUT2D eigenvalue weighted by atomic mass is 16.2. The number of hydrogen-bond acceptors (Lipinski definition) is 2. The van der Waals surface area contributed by atoms with Gasteiger partial charge in [-0.15, -0.1) is 0 Å². The van der Waals surface area contributed by atoms with Crippen LogP contribution in [0, 0.1) is 5.92 Å². The summed E-state index contributed by atoms with van der Waals surface area (Å²) >= 11 is 0. The zero-order valence-electron chi connectivity index (χ0n) is 7.78. The van der Waals surface area contributed by atoms with Crippen molar-refractivity contribution in [2.24, 2.45) is 11.7 Å². The number of amides is 1. The Morgan fingerprint density at radius 1 is 1.54 bits per heavy atom. The molecule has 1 heterocycles. The number of rotatable bonds is 2.